The van der Waals surface area contributed by atoms with Gasteiger partial charge >= 0.3 is 0 Å². The fraction of sp³-hybridized carbons (Fsp3) is 0.571. The van der Waals surface area contributed by atoms with Crippen molar-refractivity contribution in [3.8, 4) is 0 Å². The molecule has 0 aliphatic carbocycles. The number of hydrogen-bond acceptors (Lipinski definition) is 2. The molecule has 2 rings (SSSR count). The van der Waals surface area contributed by atoms with Crippen LogP contribution in [0.5, 0.6) is 0 Å². The Hall–Kier alpha value is -0.540. The lowest BCUT2D eigenvalue weighted by molar-refractivity contribution is 0.402. The molecule has 1 aromatic rings. The Morgan fingerprint density at radius 1 is 1.47 bits per heavy atom. The summed E-state index contributed by atoms with van der Waals surface area (Å²) in [6.45, 7) is 8.82. The van der Waals surface area contributed by atoms with Gasteiger partial charge in [-0.05, 0) is 38.0 Å². The molecule has 1 N–H and O–H groups in total. The first kappa shape index (κ1) is 12.9. The second-order valence-corrected chi connectivity index (χ2v) is 5.81. The zero-order chi connectivity index (χ0) is 12.4. The summed E-state index contributed by atoms with van der Waals surface area (Å²) in [5, 5.41) is 3.56. The first-order valence-corrected chi connectivity index (χ1v) is 7.17. The molecule has 17 heavy (non-hydrogen) atoms. The molecule has 1 aliphatic heterocycles. The Labute approximate surface area is 113 Å². The van der Waals surface area contributed by atoms with Crippen molar-refractivity contribution in [1.29, 1.82) is 0 Å². The van der Waals surface area contributed by atoms with Crippen molar-refractivity contribution in [2.24, 2.45) is 0 Å². The van der Waals surface area contributed by atoms with Crippen molar-refractivity contribution in [1.82, 2.24) is 5.32 Å². The second-order valence-electron chi connectivity index (χ2n) is 4.96. The SMILES string of the molecule is CCC1CNC(C)CN1c1ccc(C)c(Br)c1. The number of piperazine rings is 1. The van der Waals surface area contributed by atoms with Crippen molar-refractivity contribution in [3.05, 3.63) is 28.2 Å². The Morgan fingerprint density at radius 2 is 2.24 bits per heavy atom. The van der Waals surface area contributed by atoms with Crippen LogP contribution in [-0.4, -0.2) is 25.2 Å². The highest BCUT2D eigenvalue weighted by molar-refractivity contribution is 9.10. The topological polar surface area (TPSA) is 15.3 Å². The Kier molecular flexibility index (Phi) is 4.10. The highest BCUT2D eigenvalue weighted by Gasteiger charge is 2.24. The molecule has 3 heteroatoms. The van der Waals surface area contributed by atoms with Crippen LogP contribution in [0.1, 0.15) is 25.8 Å². The van der Waals surface area contributed by atoms with Crippen LogP contribution >= 0.6 is 15.9 Å². The average Bonchev–Trinajstić information content (AvgIpc) is 2.32. The van der Waals surface area contributed by atoms with Crippen LogP contribution in [0.3, 0.4) is 0 Å². The first-order chi connectivity index (χ1) is 8.11. The lowest BCUT2D eigenvalue weighted by Crippen LogP contribution is -2.55. The van der Waals surface area contributed by atoms with E-state index in [-0.39, 0.29) is 0 Å². The maximum absolute atomic E-state index is 3.63. The van der Waals surface area contributed by atoms with Gasteiger partial charge in [0.1, 0.15) is 0 Å². The van der Waals surface area contributed by atoms with Gasteiger partial charge in [-0.15, -0.1) is 0 Å². The average molecular weight is 297 g/mol. The number of nitrogens with one attached hydrogen (secondary N) is 1. The third-order valence-electron chi connectivity index (χ3n) is 3.57. The monoisotopic (exact) mass is 296 g/mol. The molecule has 1 saturated heterocycles. The summed E-state index contributed by atoms with van der Waals surface area (Å²) >= 11 is 3.63. The quantitative estimate of drug-likeness (QED) is 0.900. The largest absolute Gasteiger partial charge is 0.366 e. The van der Waals surface area contributed by atoms with Crippen molar-refractivity contribution in [2.45, 2.75) is 39.3 Å². The van der Waals surface area contributed by atoms with Gasteiger partial charge in [0.25, 0.3) is 0 Å². The Balaban J connectivity index is 2.25. The molecule has 2 nitrogen and oxygen atoms in total. The standard InChI is InChI=1S/C14H21BrN2/c1-4-12-8-16-11(3)9-17(12)13-6-5-10(2)14(15)7-13/h5-7,11-12,16H,4,8-9H2,1-3H3. The molecular weight excluding hydrogens is 276 g/mol. The minimum Gasteiger partial charge on any atom is -0.366 e. The van der Waals surface area contributed by atoms with Gasteiger partial charge in [0.15, 0.2) is 0 Å². The zero-order valence-corrected chi connectivity index (χ0v) is 12.4. The van der Waals surface area contributed by atoms with Gasteiger partial charge < -0.3 is 10.2 Å². The molecular formula is C14H21BrN2. The molecule has 94 valence electrons. The van der Waals surface area contributed by atoms with Crippen LogP contribution in [0.25, 0.3) is 0 Å². The molecule has 0 bridgehead atoms. The highest BCUT2D eigenvalue weighted by Crippen LogP contribution is 2.26. The predicted molar refractivity (Wildman–Crippen MR) is 77.8 cm³/mol. The fourth-order valence-corrected chi connectivity index (χ4v) is 2.76. The second kappa shape index (κ2) is 5.40. The number of nitrogens with zero attached hydrogens (tertiary/aromatic N) is 1. The summed E-state index contributed by atoms with van der Waals surface area (Å²) in [4.78, 5) is 2.53. The molecule has 0 amide bonds. The van der Waals surface area contributed by atoms with Gasteiger partial charge in [-0.3, -0.25) is 0 Å². The maximum atomic E-state index is 3.63. The van der Waals surface area contributed by atoms with E-state index in [9.17, 15) is 0 Å². The van der Waals surface area contributed by atoms with Crippen molar-refractivity contribution >= 4 is 21.6 Å². The predicted octanol–water partition coefficient (Wildman–Crippen LogP) is 3.33. The molecule has 0 saturated carbocycles. The van der Waals surface area contributed by atoms with Gasteiger partial charge in [0, 0.05) is 35.3 Å². The van der Waals surface area contributed by atoms with Gasteiger partial charge in [0.2, 0.25) is 0 Å². The number of benzene rings is 1. The molecule has 1 aliphatic rings. The molecule has 1 aromatic carbocycles. The zero-order valence-electron chi connectivity index (χ0n) is 10.8. The number of hydrogen-bond donors (Lipinski definition) is 1. The summed E-state index contributed by atoms with van der Waals surface area (Å²) < 4.78 is 1.20. The van der Waals surface area contributed by atoms with Crippen LogP contribution in [0, 0.1) is 6.92 Å². The Bertz CT molecular complexity index is 392. The van der Waals surface area contributed by atoms with E-state index in [4.69, 9.17) is 0 Å². The van der Waals surface area contributed by atoms with Crippen molar-refractivity contribution < 1.29 is 0 Å². The van der Waals surface area contributed by atoms with Gasteiger partial charge in [-0.25, -0.2) is 0 Å². The van der Waals surface area contributed by atoms with E-state index in [1.807, 2.05) is 0 Å². The normalized spacial score (nSPS) is 25.1. The Morgan fingerprint density at radius 3 is 2.88 bits per heavy atom. The van der Waals surface area contributed by atoms with Crippen LogP contribution in [0.4, 0.5) is 5.69 Å². The maximum Gasteiger partial charge on any atom is 0.0412 e. The smallest absolute Gasteiger partial charge is 0.0412 e. The highest BCUT2D eigenvalue weighted by atomic mass is 79.9. The summed E-state index contributed by atoms with van der Waals surface area (Å²) in [6, 6.07) is 7.86. The van der Waals surface area contributed by atoms with Gasteiger partial charge in [0.05, 0.1) is 0 Å². The number of rotatable bonds is 2. The van der Waals surface area contributed by atoms with E-state index in [1.165, 1.54) is 22.1 Å². The molecule has 2 unspecified atom stereocenters. The van der Waals surface area contributed by atoms with E-state index in [1.54, 1.807) is 0 Å². The molecule has 2 atom stereocenters. The first-order valence-electron chi connectivity index (χ1n) is 6.38. The minimum atomic E-state index is 0.567. The third-order valence-corrected chi connectivity index (χ3v) is 4.43. The van der Waals surface area contributed by atoms with Crippen molar-refractivity contribution in [2.75, 3.05) is 18.0 Å². The molecule has 1 fully saturated rings. The van der Waals surface area contributed by atoms with E-state index in [0.29, 0.717) is 12.1 Å². The van der Waals surface area contributed by atoms with Crippen LogP contribution in [0.15, 0.2) is 22.7 Å². The van der Waals surface area contributed by atoms with Crippen LogP contribution in [-0.2, 0) is 0 Å². The fourth-order valence-electron chi connectivity index (χ4n) is 2.40. The van der Waals surface area contributed by atoms with Gasteiger partial charge in [-0.1, -0.05) is 28.9 Å². The van der Waals surface area contributed by atoms with Gasteiger partial charge in [-0.2, -0.15) is 0 Å². The van der Waals surface area contributed by atoms with E-state index in [0.717, 1.165) is 13.1 Å². The lowest BCUT2D eigenvalue weighted by atomic mass is 10.1. The minimum absolute atomic E-state index is 0.567. The number of anilines is 1. The van der Waals surface area contributed by atoms with Crippen LogP contribution < -0.4 is 10.2 Å². The van der Waals surface area contributed by atoms with Crippen LogP contribution in [0.2, 0.25) is 0 Å². The summed E-state index contributed by atoms with van der Waals surface area (Å²) in [5.74, 6) is 0. The molecule has 0 radical (unpaired) electrons. The van der Waals surface area contributed by atoms with E-state index >= 15 is 0 Å². The third kappa shape index (κ3) is 2.83. The number of halogens is 1. The van der Waals surface area contributed by atoms with E-state index < -0.39 is 0 Å². The molecule has 1 heterocycles. The van der Waals surface area contributed by atoms with E-state index in [2.05, 4.69) is 65.1 Å². The molecule has 0 aromatic heterocycles. The summed E-state index contributed by atoms with van der Waals surface area (Å²) in [7, 11) is 0. The molecule has 0 spiro atoms. The number of aryl methyl sites for hydroxylation is 1. The van der Waals surface area contributed by atoms with Crippen molar-refractivity contribution in [3.63, 3.8) is 0 Å². The lowest BCUT2D eigenvalue weighted by Gasteiger charge is -2.40. The summed E-state index contributed by atoms with van der Waals surface area (Å²) in [5.41, 5.74) is 2.63. The summed E-state index contributed by atoms with van der Waals surface area (Å²) in [6.07, 6.45) is 1.19.